The molecule has 0 unspecified atom stereocenters. The van der Waals surface area contributed by atoms with Crippen molar-refractivity contribution in [1.82, 2.24) is 5.32 Å². The maximum absolute atomic E-state index is 11.2. The number of rotatable bonds is 20. The van der Waals surface area contributed by atoms with Gasteiger partial charge >= 0.3 is 5.97 Å². The number of carboxylic acid groups (broad SMARTS) is 1. The highest BCUT2D eigenvalue weighted by molar-refractivity contribution is 5.80. The molecule has 154 valence electrons. The molecule has 26 heavy (non-hydrogen) atoms. The molecule has 0 aromatic rings. The fraction of sp³-hybridized carbons (Fsp3) is 0.882. The van der Waals surface area contributed by atoms with Gasteiger partial charge in [-0.25, -0.2) is 0 Å². The second-order valence-corrected chi connectivity index (χ2v) is 5.31. The lowest BCUT2D eigenvalue weighted by molar-refractivity contribution is -0.138. The highest BCUT2D eigenvalue weighted by Gasteiger charge is 2.04. The first-order valence-electron chi connectivity index (χ1n) is 9.04. The summed E-state index contributed by atoms with van der Waals surface area (Å²) in [4.78, 5) is 21.5. The molecule has 0 rings (SSSR count). The average molecular weight is 379 g/mol. The Labute approximate surface area is 155 Å². The minimum Gasteiger partial charge on any atom is -0.481 e. The molecule has 9 heteroatoms. The second-order valence-electron chi connectivity index (χ2n) is 5.31. The van der Waals surface area contributed by atoms with Crippen LogP contribution in [-0.4, -0.2) is 89.6 Å². The van der Waals surface area contributed by atoms with Crippen molar-refractivity contribution in [2.24, 2.45) is 0 Å². The molecule has 9 nitrogen and oxygen atoms in total. The van der Waals surface area contributed by atoms with E-state index < -0.39 is 5.97 Å². The number of carboxylic acids is 1. The highest BCUT2D eigenvalue weighted by Crippen LogP contribution is 1.88. The Morgan fingerprint density at radius 2 is 1.12 bits per heavy atom. The summed E-state index contributed by atoms with van der Waals surface area (Å²) in [6.07, 6.45) is 0.831. The number of amides is 1. The molecule has 0 radical (unpaired) electrons. The first-order chi connectivity index (χ1) is 12.7. The van der Waals surface area contributed by atoms with E-state index in [2.05, 4.69) is 12.2 Å². The number of ether oxygens (including phenoxy) is 5. The van der Waals surface area contributed by atoms with Crippen LogP contribution in [0.3, 0.4) is 0 Å². The topological polar surface area (TPSA) is 113 Å². The van der Waals surface area contributed by atoms with E-state index in [4.69, 9.17) is 28.8 Å². The third-order valence-electron chi connectivity index (χ3n) is 2.97. The van der Waals surface area contributed by atoms with Crippen molar-refractivity contribution < 1.29 is 38.4 Å². The van der Waals surface area contributed by atoms with E-state index in [0.29, 0.717) is 66.0 Å². The van der Waals surface area contributed by atoms with Gasteiger partial charge in [0.25, 0.3) is 0 Å². The maximum Gasteiger partial charge on any atom is 0.303 e. The molecule has 0 fully saturated rings. The number of nitrogens with one attached hydrogen (secondary N) is 1. The fourth-order valence-electron chi connectivity index (χ4n) is 1.70. The van der Waals surface area contributed by atoms with E-state index in [1.807, 2.05) is 0 Å². The van der Waals surface area contributed by atoms with Crippen LogP contribution in [-0.2, 0) is 33.3 Å². The lowest BCUT2D eigenvalue weighted by Gasteiger charge is -2.08. The zero-order valence-electron chi connectivity index (χ0n) is 15.7. The Kier molecular flexibility index (Phi) is 19.1. The van der Waals surface area contributed by atoms with Gasteiger partial charge in [-0.2, -0.15) is 0 Å². The molecule has 0 spiro atoms. The van der Waals surface area contributed by atoms with E-state index in [1.165, 1.54) is 0 Å². The van der Waals surface area contributed by atoms with Gasteiger partial charge in [0.05, 0.1) is 65.9 Å². The molecular weight excluding hydrogens is 346 g/mol. The van der Waals surface area contributed by atoms with Crippen molar-refractivity contribution in [3.05, 3.63) is 0 Å². The maximum atomic E-state index is 11.2. The second kappa shape index (κ2) is 20.1. The SMILES string of the molecule is CCCOCCOCCOCCOCCOCCNC(=O)CCC(=O)O. The Bertz CT molecular complexity index is 341. The number of carbonyl (C=O) groups excluding carboxylic acids is 1. The Balaban J connectivity index is 3.09. The first kappa shape index (κ1) is 24.7. The molecule has 0 heterocycles. The number of hydrogen-bond acceptors (Lipinski definition) is 7. The molecule has 0 aromatic carbocycles. The highest BCUT2D eigenvalue weighted by atomic mass is 16.6. The molecule has 0 saturated carbocycles. The van der Waals surface area contributed by atoms with Crippen LogP contribution in [0.25, 0.3) is 0 Å². The van der Waals surface area contributed by atoms with Crippen molar-refractivity contribution >= 4 is 11.9 Å². The van der Waals surface area contributed by atoms with Crippen molar-refractivity contribution in [3.63, 3.8) is 0 Å². The molecule has 1 amide bonds. The van der Waals surface area contributed by atoms with Gasteiger partial charge in [-0.05, 0) is 6.42 Å². The summed E-state index contributed by atoms with van der Waals surface area (Å²) in [5.41, 5.74) is 0. The molecule has 2 N–H and O–H groups in total. The van der Waals surface area contributed by atoms with Gasteiger partial charge < -0.3 is 34.1 Å². The largest absolute Gasteiger partial charge is 0.481 e. The lowest BCUT2D eigenvalue weighted by Crippen LogP contribution is -2.27. The molecule has 0 aliphatic carbocycles. The Morgan fingerprint density at radius 1 is 0.692 bits per heavy atom. The quantitative estimate of drug-likeness (QED) is 0.293. The summed E-state index contributed by atoms with van der Waals surface area (Å²) in [7, 11) is 0. The van der Waals surface area contributed by atoms with Crippen LogP contribution in [0.2, 0.25) is 0 Å². The van der Waals surface area contributed by atoms with Gasteiger partial charge in [0.2, 0.25) is 5.91 Å². The zero-order chi connectivity index (χ0) is 19.3. The Hall–Kier alpha value is -1.26. The van der Waals surface area contributed by atoms with Crippen LogP contribution in [0.1, 0.15) is 26.2 Å². The zero-order valence-corrected chi connectivity index (χ0v) is 15.7. The molecule has 0 saturated heterocycles. The van der Waals surface area contributed by atoms with Gasteiger partial charge in [0, 0.05) is 19.6 Å². The molecular formula is C17H33NO8. The summed E-state index contributed by atoms with van der Waals surface area (Å²) in [6.45, 7) is 7.64. The predicted molar refractivity (Wildman–Crippen MR) is 94.3 cm³/mol. The van der Waals surface area contributed by atoms with Crippen LogP contribution in [0.5, 0.6) is 0 Å². The first-order valence-corrected chi connectivity index (χ1v) is 9.04. The van der Waals surface area contributed by atoms with Crippen LogP contribution in [0.4, 0.5) is 0 Å². The summed E-state index contributed by atoms with van der Waals surface area (Å²) in [5, 5.41) is 11.0. The summed E-state index contributed by atoms with van der Waals surface area (Å²) >= 11 is 0. The monoisotopic (exact) mass is 379 g/mol. The van der Waals surface area contributed by atoms with Gasteiger partial charge in [-0.15, -0.1) is 0 Å². The minimum absolute atomic E-state index is 0.0177. The molecule has 0 bridgehead atoms. The average Bonchev–Trinajstić information content (AvgIpc) is 2.62. The van der Waals surface area contributed by atoms with E-state index in [1.54, 1.807) is 0 Å². The lowest BCUT2D eigenvalue weighted by atomic mass is 10.3. The van der Waals surface area contributed by atoms with Gasteiger partial charge in [-0.3, -0.25) is 9.59 Å². The normalized spacial score (nSPS) is 10.8. The molecule has 0 atom stereocenters. The van der Waals surface area contributed by atoms with E-state index >= 15 is 0 Å². The smallest absolute Gasteiger partial charge is 0.303 e. The number of carbonyl (C=O) groups is 2. The van der Waals surface area contributed by atoms with Crippen LogP contribution in [0, 0.1) is 0 Å². The standard InChI is InChI=1S/C17H33NO8/c1-2-6-22-8-10-24-12-14-26-15-13-25-11-9-23-7-5-18-16(19)3-4-17(20)21/h2-15H2,1H3,(H,18,19)(H,20,21). The van der Waals surface area contributed by atoms with Crippen LogP contribution in [0.15, 0.2) is 0 Å². The predicted octanol–water partition coefficient (Wildman–Crippen LogP) is 0.460. The number of hydrogen-bond donors (Lipinski definition) is 2. The van der Waals surface area contributed by atoms with Crippen molar-refractivity contribution in [2.75, 3.05) is 72.6 Å². The van der Waals surface area contributed by atoms with E-state index in [9.17, 15) is 9.59 Å². The van der Waals surface area contributed by atoms with Gasteiger partial charge in [0.1, 0.15) is 0 Å². The van der Waals surface area contributed by atoms with E-state index in [-0.39, 0.29) is 18.7 Å². The van der Waals surface area contributed by atoms with Gasteiger partial charge in [-0.1, -0.05) is 6.92 Å². The van der Waals surface area contributed by atoms with E-state index in [0.717, 1.165) is 13.0 Å². The van der Waals surface area contributed by atoms with Crippen LogP contribution >= 0.6 is 0 Å². The Morgan fingerprint density at radius 3 is 1.54 bits per heavy atom. The third kappa shape index (κ3) is 20.8. The summed E-state index contributed by atoms with van der Waals surface area (Å²) in [5.74, 6) is -1.27. The molecule has 0 aromatic heterocycles. The van der Waals surface area contributed by atoms with Gasteiger partial charge in [0.15, 0.2) is 0 Å². The number of aliphatic carboxylic acids is 1. The molecule has 0 aliphatic rings. The molecule has 0 aliphatic heterocycles. The van der Waals surface area contributed by atoms with Crippen molar-refractivity contribution in [2.45, 2.75) is 26.2 Å². The fourth-order valence-corrected chi connectivity index (χ4v) is 1.70. The van der Waals surface area contributed by atoms with Crippen molar-refractivity contribution in [1.29, 1.82) is 0 Å². The van der Waals surface area contributed by atoms with Crippen molar-refractivity contribution in [3.8, 4) is 0 Å². The summed E-state index contributed by atoms with van der Waals surface area (Å²) < 4.78 is 26.6. The summed E-state index contributed by atoms with van der Waals surface area (Å²) in [6, 6.07) is 0. The minimum atomic E-state index is -0.984. The third-order valence-corrected chi connectivity index (χ3v) is 2.97. The van der Waals surface area contributed by atoms with Crippen LogP contribution < -0.4 is 5.32 Å².